The lowest BCUT2D eigenvalue weighted by Crippen LogP contribution is -2.41. The van der Waals surface area contributed by atoms with Crippen LogP contribution in [0, 0.1) is 12.8 Å². The number of aromatic nitrogens is 2. The number of hydrogen-bond donors (Lipinski definition) is 1. The van der Waals surface area contributed by atoms with Crippen LogP contribution in [-0.2, 0) is 6.42 Å². The summed E-state index contributed by atoms with van der Waals surface area (Å²) in [6.45, 7) is 10.8. The Labute approximate surface area is 109 Å². The van der Waals surface area contributed by atoms with Crippen molar-refractivity contribution in [1.82, 2.24) is 20.4 Å². The molecule has 1 aromatic rings. The van der Waals surface area contributed by atoms with E-state index in [0.717, 1.165) is 44.3 Å². The molecule has 1 atom stereocenters. The van der Waals surface area contributed by atoms with E-state index in [1.54, 1.807) is 0 Å². The average molecular weight is 252 g/mol. The molecule has 5 nitrogen and oxygen atoms in total. The van der Waals surface area contributed by atoms with Crippen molar-refractivity contribution in [1.29, 1.82) is 0 Å². The molecule has 0 amide bonds. The molecular weight excluding hydrogens is 228 g/mol. The molecule has 1 unspecified atom stereocenters. The number of nitrogens with one attached hydrogen (secondary N) is 1. The van der Waals surface area contributed by atoms with E-state index >= 15 is 0 Å². The first-order chi connectivity index (χ1) is 8.65. The molecule has 0 saturated carbocycles. The van der Waals surface area contributed by atoms with Crippen LogP contribution in [0.2, 0.25) is 0 Å². The summed E-state index contributed by atoms with van der Waals surface area (Å²) < 4.78 is 5.16. The van der Waals surface area contributed by atoms with Crippen LogP contribution in [0.1, 0.15) is 32.0 Å². The van der Waals surface area contributed by atoms with Crippen molar-refractivity contribution in [3.05, 3.63) is 11.7 Å². The monoisotopic (exact) mass is 252 g/mol. The number of nitrogens with zero attached hydrogens (tertiary/aromatic N) is 3. The summed E-state index contributed by atoms with van der Waals surface area (Å²) >= 11 is 0. The SMILES string of the molecule is Cc1noc(CCN2CCCNC(C(C)C)C2)n1. The van der Waals surface area contributed by atoms with Crippen molar-refractivity contribution >= 4 is 0 Å². The summed E-state index contributed by atoms with van der Waals surface area (Å²) in [5.74, 6) is 2.16. The van der Waals surface area contributed by atoms with Crippen molar-refractivity contribution in [3.63, 3.8) is 0 Å². The van der Waals surface area contributed by atoms with Gasteiger partial charge >= 0.3 is 0 Å². The van der Waals surface area contributed by atoms with Crippen molar-refractivity contribution in [3.8, 4) is 0 Å². The summed E-state index contributed by atoms with van der Waals surface area (Å²) in [5.41, 5.74) is 0. The lowest BCUT2D eigenvalue weighted by Gasteiger charge is -2.26. The molecule has 1 aliphatic heterocycles. The second-order valence-electron chi connectivity index (χ2n) is 5.44. The predicted molar refractivity (Wildman–Crippen MR) is 70.4 cm³/mol. The fourth-order valence-electron chi connectivity index (χ4n) is 2.37. The third-order valence-electron chi connectivity index (χ3n) is 3.53. The van der Waals surface area contributed by atoms with Gasteiger partial charge in [0.2, 0.25) is 5.89 Å². The first-order valence-corrected chi connectivity index (χ1v) is 6.90. The van der Waals surface area contributed by atoms with Gasteiger partial charge in [0, 0.05) is 25.6 Å². The van der Waals surface area contributed by atoms with E-state index in [9.17, 15) is 0 Å². The average Bonchev–Trinajstić information content (AvgIpc) is 2.62. The van der Waals surface area contributed by atoms with E-state index in [1.165, 1.54) is 6.42 Å². The zero-order valence-electron chi connectivity index (χ0n) is 11.6. The Hall–Kier alpha value is -0.940. The number of hydrogen-bond acceptors (Lipinski definition) is 5. The van der Waals surface area contributed by atoms with Gasteiger partial charge < -0.3 is 14.7 Å². The molecule has 1 aliphatic rings. The highest BCUT2D eigenvalue weighted by Crippen LogP contribution is 2.09. The van der Waals surface area contributed by atoms with Crippen LogP contribution in [0.15, 0.2) is 4.52 Å². The van der Waals surface area contributed by atoms with Crippen LogP contribution < -0.4 is 5.32 Å². The maximum atomic E-state index is 5.16. The number of aryl methyl sites for hydroxylation is 1. The molecule has 1 aromatic heterocycles. The molecule has 0 spiro atoms. The Morgan fingerprint density at radius 3 is 3.00 bits per heavy atom. The molecule has 1 N–H and O–H groups in total. The van der Waals surface area contributed by atoms with Gasteiger partial charge in [0.15, 0.2) is 5.82 Å². The Kier molecular flexibility index (Phi) is 4.72. The highest BCUT2D eigenvalue weighted by molar-refractivity contribution is 4.85. The van der Waals surface area contributed by atoms with Gasteiger partial charge in [0.25, 0.3) is 0 Å². The zero-order chi connectivity index (χ0) is 13.0. The quantitative estimate of drug-likeness (QED) is 0.874. The largest absolute Gasteiger partial charge is 0.339 e. The van der Waals surface area contributed by atoms with Gasteiger partial charge in [-0.1, -0.05) is 19.0 Å². The molecule has 0 aliphatic carbocycles. The van der Waals surface area contributed by atoms with Crippen LogP contribution >= 0.6 is 0 Å². The minimum atomic E-state index is 0.594. The normalized spacial score (nSPS) is 22.3. The minimum Gasteiger partial charge on any atom is -0.339 e. The van der Waals surface area contributed by atoms with E-state index in [-0.39, 0.29) is 0 Å². The molecule has 2 rings (SSSR count). The standard InChI is InChI=1S/C13H24N4O/c1-10(2)12-9-17(7-4-6-14-12)8-5-13-15-11(3)16-18-13/h10,12,14H,4-9H2,1-3H3. The van der Waals surface area contributed by atoms with Crippen molar-refractivity contribution < 1.29 is 4.52 Å². The van der Waals surface area contributed by atoms with Crippen LogP contribution in [0.4, 0.5) is 0 Å². The molecular formula is C13H24N4O. The van der Waals surface area contributed by atoms with Crippen molar-refractivity contribution in [2.24, 2.45) is 5.92 Å². The summed E-state index contributed by atoms with van der Waals surface area (Å²) in [6, 6.07) is 0.594. The summed E-state index contributed by atoms with van der Waals surface area (Å²) in [5, 5.41) is 7.45. The fourth-order valence-corrected chi connectivity index (χ4v) is 2.37. The van der Waals surface area contributed by atoms with Crippen LogP contribution in [0.5, 0.6) is 0 Å². The van der Waals surface area contributed by atoms with Crippen molar-refractivity contribution in [2.45, 2.75) is 39.7 Å². The van der Waals surface area contributed by atoms with Crippen molar-refractivity contribution in [2.75, 3.05) is 26.2 Å². The van der Waals surface area contributed by atoms with Gasteiger partial charge in [-0.05, 0) is 32.4 Å². The van der Waals surface area contributed by atoms with Gasteiger partial charge in [0.05, 0.1) is 0 Å². The fraction of sp³-hybridized carbons (Fsp3) is 0.846. The summed E-state index contributed by atoms with van der Waals surface area (Å²) in [7, 11) is 0. The smallest absolute Gasteiger partial charge is 0.227 e. The second kappa shape index (κ2) is 6.29. The van der Waals surface area contributed by atoms with Gasteiger partial charge in [-0.2, -0.15) is 4.98 Å². The van der Waals surface area contributed by atoms with E-state index < -0.39 is 0 Å². The maximum Gasteiger partial charge on any atom is 0.227 e. The van der Waals surface area contributed by atoms with Gasteiger partial charge in [-0.25, -0.2) is 0 Å². The summed E-state index contributed by atoms with van der Waals surface area (Å²) in [6.07, 6.45) is 2.07. The second-order valence-corrected chi connectivity index (χ2v) is 5.44. The van der Waals surface area contributed by atoms with E-state index in [1.807, 2.05) is 6.92 Å². The molecule has 5 heteroatoms. The van der Waals surface area contributed by atoms with Gasteiger partial charge in [-0.15, -0.1) is 0 Å². The number of rotatable bonds is 4. The molecule has 1 fully saturated rings. The molecule has 102 valence electrons. The maximum absolute atomic E-state index is 5.16. The first-order valence-electron chi connectivity index (χ1n) is 6.90. The van der Waals surface area contributed by atoms with E-state index in [0.29, 0.717) is 12.0 Å². The topological polar surface area (TPSA) is 54.2 Å². The highest BCUT2D eigenvalue weighted by Gasteiger charge is 2.20. The Morgan fingerprint density at radius 2 is 2.33 bits per heavy atom. The summed E-state index contributed by atoms with van der Waals surface area (Å²) in [4.78, 5) is 6.76. The predicted octanol–water partition coefficient (Wildman–Crippen LogP) is 1.24. The Balaban J connectivity index is 1.83. The Morgan fingerprint density at radius 1 is 1.50 bits per heavy atom. The lowest BCUT2D eigenvalue weighted by molar-refractivity contribution is 0.239. The first kappa shape index (κ1) is 13.5. The molecule has 18 heavy (non-hydrogen) atoms. The van der Waals surface area contributed by atoms with Gasteiger partial charge in [-0.3, -0.25) is 0 Å². The molecule has 2 heterocycles. The van der Waals surface area contributed by atoms with Gasteiger partial charge in [0.1, 0.15) is 0 Å². The molecule has 1 saturated heterocycles. The van der Waals surface area contributed by atoms with Crippen LogP contribution in [0.25, 0.3) is 0 Å². The third-order valence-corrected chi connectivity index (χ3v) is 3.53. The molecule has 0 radical (unpaired) electrons. The van der Waals surface area contributed by atoms with E-state index in [2.05, 4.69) is 34.2 Å². The molecule has 0 aromatic carbocycles. The minimum absolute atomic E-state index is 0.594. The highest BCUT2D eigenvalue weighted by atomic mass is 16.5. The van der Waals surface area contributed by atoms with Crippen LogP contribution in [0.3, 0.4) is 0 Å². The van der Waals surface area contributed by atoms with Crippen LogP contribution in [-0.4, -0.2) is 47.3 Å². The lowest BCUT2D eigenvalue weighted by atomic mass is 10.0. The third kappa shape index (κ3) is 3.78. The molecule has 0 bridgehead atoms. The zero-order valence-corrected chi connectivity index (χ0v) is 11.6. The van der Waals surface area contributed by atoms with E-state index in [4.69, 9.17) is 4.52 Å². The Bertz CT molecular complexity index is 364.